The van der Waals surface area contributed by atoms with Gasteiger partial charge in [0, 0.05) is 71.9 Å². The van der Waals surface area contributed by atoms with Crippen LogP contribution in [0.25, 0.3) is 110 Å². The van der Waals surface area contributed by atoms with Gasteiger partial charge in [0.05, 0.1) is 27.6 Å². The number of para-hydroxylation sites is 5. The fraction of sp³-hybridized carbons (Fsp3) is 0. The second-order valence-corrected chi connectivity index (χ2v) is 16.9. The fourth-order valence-corrected chi connectivity index (χ4v) is 10.5. The molecule has 0 saturated carbocycles. The summed E-state index contributed by atoms with van der Waals surface area (Å²) in [5, 5.41) is 9.94. The first-order chi connectivity index (χ1) is 31.7. The highest BCUT2D eigenvalue weighted by atomic mass is 16.3. The van der Waals surface area contributed by atoms with Crippen LogP contribution in [0.4, 0.5) is 17.1 Å². The number of aromatic nitrogens is 2. The molecule has 0 saturated heterocycles. The van der Waals surface area contributed by atoms with Crippen LogP contribution in [0, 0.1) is 0 Å². The number of nitrogens with zero attached hydrogens (tertiary/aromatic N) is 3. The van der Waals surface area contributed by atoms with E-state index in [2.05, 4.69) is 226 Å². The second kappa shape index (κ2) is 13.4. The van der Waals surface area contributed by atoms with E-state index >= 15 is 0 Å². The predicted octanol–water partition coefficient (Wildman–Crippen LogP) is 16.6. The molecule has 0 spiro atoms. The Morgan fingerprint density at radius 3 is 1.44 bits per heavy atom. The largest absolute Gasteiger partial charge is 0.456 e. The summed E-state index contributed by atoms with van der Waals surface area (Å²) in [6, 6.07) is 81.4. The van der Waals surface area contributed by atoms with Crippen molar-refractivity contribution < 1.29 is 4.42 Å². The van der Waals surface area contributed by atoms with Crippen LogP contribution < -0.4 is 4.90 Å². The second-order valence-electron chi connectivity index (χ2n) is 16.9. The van der Waals surface area contributed by atoms with Gasteiger partial charge >= 0.3 is 0 Å². The van der Waals surface area contributed by atoms with Gasteiger partial charge in [0.2, 0.25) is 0 Å². The summed E-state index contributed by atoms with van der Waals surface area (Å²) in [6.07, 6.45) is 0. The lowest BCUT2D eigenvalue weighted by molar-refractivity contribution is 0.669. The highest BCUT2D eigenvalue weighted by molar-refractivity contribution is 6.23. The van der Waals surface area contributed by atoms with Crippen LogP contribution in [0.3, 0.4) is 0 Å². The molecule has 10 aromatic carbocycles. The molecule has 0 atom stereocenters. The molecule has 0 aliphatic rings. The highest BCUT2D eigenvalue weighted by Crippen LogP contribution is 2.43. The fourth-order valence-electron chi connectivity index (χ4n) is 10.5. The molecular formula is C60H37N3O. The molecule has 64 heavy (non-hydrogen) atoms. The minimum absolute atomic E-state index is 0.867. The number of fused-ring (bicyclic) bond motifs is 12. The van der Waals surface area contributed by atoms with E-state index in [1.165, 1.54) is 76.6 Å². The van der Waals surface area contributed by atoms with Crippen molar-refractivity contribution in [3.8, 4) is 27.9 Å². The van der Waals surface area contributed by atoms with Crippen molar-refractivity contribution in [1.29, 1.82) is 0 Å². The van der Waals surface area contributed by atoms with Gasteiger partial charge < -0.3 is 18.3 Å². The first-order valence-electron chi connectivity index (χ1n) is 21.9. The van der Waals surface area contributed by atoms with Gasteiger partial charge in [-0.15, -0.1) is 0 Å². The Morgan fingerprint density at radius 2 is 0.766 bits per heavy atom. The van der Waals surface area contributed by atoms with Gasteiger partial charge in [0.1, 0.15) is 11.2 Å². The number of hydrogen-bond acceptors (Lipinski definition) is 2. The number of furan rings is 1. The minimum Gasteiger partial charge on any atom is -0.456 e. The molecular weight excluding hydrogens is 779 g/mol. The topological polar surface area (TPSA) is 25.7 Å². The van der Waals surface area contributed by atoms with E-state index < -0.39 is 0 Å². The Labute approximate surface area is 368 Å². The third-order valence-electron chi connectivity index (χ3n) is 13.5. The molecule has 0 bridgehead atoms. The molecule has 0 unspecified atom stereocenters. The molecule has 0 amide bonds. The summed E-state index contributed by atoms with van der Waals surface area (Å²) in [6.45, 7) is 0. The van der Waals surface area contributed by atoms with Crippen molar-refractivity contribution >= 4 is 98.9 Å². The monoisotopic (exact) mass is 815 g/mol. The number of anilines is 3. The first kappa shape index (κ1) is 35.0. The molecule has 0 radical (unpaired) electrons. The van der Waals surface area contributed by atoms with Gasteiger partial charge in [0.15, 0.2) is 0 Å². The van der Waals surface area contributed by atoms with Crippen LogP contribution in [0.5, 0.6) is 0 Å². The average molecular weight is 816 g/mol. The SMILES string of the molecule is c1ccc2c(c1)oc1cc(N(c3ccc(-c4ccc(-n5c6ccccc6c6ccccc65)cc4)cc3)c3ccc(-c4ccc5c(c4)c4cccc6c7ccccc7n5c64)cc3)ccc12. The van der Waals surface area contributed by atoms with Gasteiger partial charge in [-0.2, -0.15) is 0 Å². The summed E-state index contributed by atoms with van der Waals surface area (Å²) in [7, 11) is 0. The van der Waals surface area contributed by atoms with Crippen molar-refractivity contribution in [1.82, 2.24) is 8.97 Å². The molecule has 298 valence electrons. The van der Waals surface area contributed by atoms with Crippen LogP contribution in [0.15, 0.2) is 229 Å². The molecule has 4 nitrogen and oxygen atoms in total. The van der Waals surface area contributed by atoms with Crippen molar-refractivity contribution in [3.05, 3.63) is 224 Å². The smallest absolute Gasteiger partial charge is 0.137 e. The van der Waals surface area contributed by atoms with Gasteiger partial charge in [0.25, 0.3) is 0 Å². The molecule has 0 aliphatic heterocycles. The molecule has 14 aromatic rings. The van der Waals surface area contributed by atoms with Gasteiger partial charge in [-0.3, -0.25) is 0 Å². The normalized spacial score (nSPS) is 12.1. The zero-order valence-corrected chi connectivity index (χ0v) is 34.6. The van der Waals surface area contributed by atoms with Gasteiger partial charge in [-0.05, 0) is 107 Å². The molecule has 4 heterocycles. The van der Waals surface area contributed by atoms with Crippen LogP contribution >= 0.6 is 0 Å². The van der Waals surface area contributed by atoms with Gasteiger partial charge in [-0.1, -0.05) is 133 Å². The molecule has 0 fully saturated rings. The zero-order chi connectivity index (χ0) is 41.9. The first-order valence-corrected chi connectivity index (χ1v) is 21.9. The van der Waals surface area contributed by atoms with E-state index in [1.807, 2.05) is 12.1 Å². The lowest BCUT2D eigenvalue weighted by Gasteiger charge is -2.26. The van der Waals surface area contributed by atoms with Crippen LogP contribution in [0.2, 0.25) is 0 Å². The minimum atomic E-state index is 0.867. The van der Waals surface area contributed by atoms with E-state index in [-0.39, 0.29) is 0 Å². The summed E-state index contributed by atoms with van der Waals surface area (Å²) in [5.41, 5.74) is 17.0. The van der Waals surface area contributed by atoms with Crippen LogP contribution in [0.1, 0.15) is 0 Å². The van der Waals surface area contributed by atoms with Crippen LogP contribution in [-0.4, -0.2) is 8.97 Å². The highest BCUT2D eigenvalue weighted by Gasteiger charge is 2.19. The van der Waals surface area contributed by atoms with Gasteiger partial charge in [-0.25, -0.2) is 0 Å². The van der Waals surface area contributed by atoms with E-state index in [1.54, 1.807) is 0 Å². The van der Waals surface area contributed by atoms with Crippen molar-refractivity contribution in [2.75, 3.05) is 4.90 Å². The zero-order valence-electron chi connectivity index (χ0n) is 34.6. The Bertz CT molecular complexity index is 4060. The Balaban J connectivity index is 0.839. The van der Waals surface area contributed by atoms with E-state index in [4.69, 9.17) is 4.42 Å². The molecule has 14 rings (SSSR count). The Morgan fingerprint density at radius 1 is 0.297 bits per heavy atom. The van der Waals surface area contributed by atoms with E-state index in [9.17, 15) is 0 Å². The Hall–Kier alpha value is -8.60. The molecule has 0 aliphatic carbocycles. The maximum absolute atomic E-state index is 6.42. The lowest BCUT2D eigenvalue weighted by Crippen LogP contribution is -2.09. The third-order valence-corrected chi connectivity index (χ3v) is 13.5. The summed E-state index contributed by atoms with van der Waals surface area (Å²) in [4.78, 5) is 2.33. The number of hydrogen-bond donors (Lipinski definition) is 0. The van der Waals surface area contributed by atoms with Crippen molar-refractivity contribution in [2.45, 2.75) is 0 Å². The average Bonchev–Trinajstić information content (AvgIpc) is 4.10. The maximum Gasteiger partial charge on any atom is 0.137 e. The molecule has 4 aromatic heterocycles. The van der Waals surface area contributed by atoms with Crippen LogP contribution in [-0.2, 0) is 0 Å². The van der Waals surface area contributed by atoms with Crippen molar-refractivity contribution in [2.24, 2.45) is 0 Å². The number of benzene rings is 10. The van der Waals surface area contributed by atoms with Crippen molar-refractivity contribution in [3.63, 3.8) is 0 Å². The van der Waals surface area contributed by atoms with E-state index in [0.717, 1.165) is 50.3 Å². The molecule has 4 heteroatoms. The van der Waals surface area contributed by atoms with E-state index in [0.29, 0.717) is 0 Å². The molecule has 0 N–H and O–H groups in total. The summed E-state index contributed by atoms with van der Waals surface area (Å²) in [5.74, 6) is 0. The quantitative estimate of drug-likeness (QED) is 0.167. The third kappa shape index (κ3) is 5.11. The standard InChI is InChI=1S/C60H37N3O/c1-5-16-54-46(10-1)47-11-2-6-17-55(47)62(54)44-31-22-39(23-32-44)38-20-27-42(28-21-38)61(45-33-34-50-49-13-4-8-19-58(49)64-59(50)37-45)43-29-24-40(25-30-43)41-26-35-57-53(36-41)52-15-9-14-51-48-12-3-7-18-56(48)63(57)60(51)52/h1-37H. The summed E-state index contributed by atoms with van der Waals surface area (Å²) >= 11 is 0. The summed E-state index contributed by atoms with van der Waals surface area (Å²) < 4.78 is 11.2. The number of rotatable bonds is 6. The predicted molar refractivity (Wildman–Crippen MR) is 268 cm³/mol. The Kier molecular flexibility index (Phi) is 7.36. The lowest BCUT2D eigenvalue weighted by atomic mass is 10.0. The maximum atomic E-state index is 6.42.